The van der Waals surface area contributed by atoms with Gasteiger partial charge >= 0.3 is 11.2 Å². The fourth-order valence-electron chi connectivity index (χ4n) is 1.30. The van der Waals surface area contributed by atoms with Gasteiger partial charge in [0.1, 0.15) is 0 Å². The molecule has 0 saturated heterocycles. The van der Waals surface area contributed by atoms with Gasteiger partial charge < -0.3 is 4.57 Å². The summed E-state index contributed by atoms with van der Waals surface area (Å²) in [5.74, 6) is 0. The van der Waals surface area contributed by atoms with Gasteiger partial charge in [-0.05, 0) is 19.4 Å². The van der Waals surface area contributed by atoms with Crippen LogP contribution in [0.15, 0.2) is 29.6 Å². The standard InChI is InChI=1S/C10H12N2O3/c1-3-4-7-11-8(2)5-6-9(10(11)13)12(14)15/h3,5-6H,1,4,7H2,2H3. The topological polar surface area (TPSA) is 65.1 Å². The third-order valence-electron chi connectivity index (χ3n) is 2.13. The van der Waals surface area contributed by atoms with E-state index in [4.69, 9.17) is 0 Å². The van der Waals surface area contributed by atoms with E-state index in [-0.39, 0.29) is 5.69 Å². The summed E-state index contributed by atoms with van der Waals surface area (Å²) in [7, 11) is 0. The molecule has 80 valence electrons. The summed E-state index contributed by atoms with van der Waals surface area (Å²) in [6.07, 6.45) is 2.28. The van der Waals surface area contributed by atoms with E-state index in [0.29, 0.717) is 18.7 Å². The molecule has 5 heteroatoms. The van der Waals surface area contributed by atoms with Crippen molar-refractivity contribution in [2.45, 2.75) is 19.9 Å². The lowest BCUT2D eigenvalue weighted by molar-refractivity contribution is -0.386. The van der Waals surface area contributed by atoms with Crippen LogP contribution in [-0.4, -0.2) is 9.49 Å². The number of hydrogen-bond donors (Lipinski definition) is 0. The third kappa shape index (κ3) is 2.31. The zero-order valence-corrected chi connectivity index (χ0v) is 8.47. The van der Waals surface area contributed by atoms with Crippen molar-refractivity contribution in [3.63, 3.8) is 0 Å². The summed E-state index contributed by atoms with van der Waals surface area (Å²) in [4.78, 5) is 21.5. The number of allylic oxidation sites excluding steroid dienone is 1. The highest BCUT2D eigenvalue weighted by Gasteiger charge is 2.14. The van der Waals surface area contributed by atoms with Crippen molar-refractivity contribution in [1.82, 2.24) is 4.57 Å². The number of nitro groups is 1. The highest BCUT2D eigenvalue weighted by atomic mass is 16.6. The third-order valence-corrected chi connectivity index (χ3v) is 2.13. The van der Waals surface area contributed by atoms with Crippen LogP contribution < -0.4 is 5.56 Å². The van der Waals surface area contributed by atoms with Gasteiger partial charge in [0.25, 0.3) is 0 Å². The Balaban J connectivity index is 3.24. The molecule has 0 unspecified atom stereocenters. The maximum Gasteiger partial charge on any atom is 0.334 e. The van der Waals surface area contributed by atoms with Crippen LogP contribution in [0.25, 0.3) is 0 Å². The molecule has 1 heterocycles. The van der Waals surface area contributed by atoms with Gasteiger partial charge in [0.05, 0.1) is 4.92 Å². The Bertz CT molecular complexity index is 448. The van der Waals surface area contributed by atoms with Crippen molar-refractivity contribution >= 4 is 5.69 Å². The van der Waals surface area contributed by atoms with Crippen molar-refractivity contribution < 1.29 is 4.92 Å². The Morgan fingerprint density at radius 1 is 1.60 bits per heavy atom. The zero-order chi connectivity index (χ0) is 11.4. The minimum atomic E-state index is -0.661. The van der Waals surface area contributed by atoms with Gasteiger partial charge in [0.15, 0.2) is 0 Å². The second kappa shape index (κ2) is 4.54. The molecule has 1 rings (SSSR count). The Morgan fingerprint density at radius 3 is 2.80 bits per heavy atom. The first-order chi connectivity index (χ1) is 7.07. The van der Waals surface area contributed by atoms with Crippen LogP contribution in [0.5, 0.6) is 0 Å². The van der Waals surface area contributed by atoms with E-state index in [1.807, 2.05) is 0 Å². The molecule has 0 radical (unpaired) electrons. The Kier molecular flexibility index (Phi) is 3.38. The number of nitrogens with zero attached hydrogens (tertiary/aromatic N) is 2. The first-order valence-corrected chi connectivity index (χ1v) is 4.53. The summed E-state index contributed by atoms with van der Waals surface area (Å²) < 4.78 is 1.39. The number of pyridine rings is 1. The maximum atomic E-state index is 11.6. The van der Waals surface area contributed by atoms with E-state index in [9.17, 15) is 14.9 Å². The number of aromatic nitrogens is 1. The van der Waals surface area contributed by atoms with Crippen LogP contribution in [0.3, 0.4) is 0 Å². The van der Waals surface area contributed by atoms with Crippen molar-refractivity contribution in [3.8, 4) is 0 Å². The lowest BCUT2D eigenvalue weighted by Crippen LogP contribution is -2.24. The monoisotopic (exact) mass is 208 g/mol. The fourth-order valence-corrected chi connectivity index (χ4v) is 1.30. The Hall–Kier alpha value is -1.91. The predicted octanol–water partition coefficient (Wildman–Crippen LogP) is 1.64. The zero-order valence-electron chi connectivity index (χ0n) is 8.47. The lowest BCUT2D eigenvalue weighted by Gasteiger charge is -2.07. The van der Waals surface area contributed by atoms with Crippen LogP contribution in [0, 0.1) is 17.0 Å². The van der Waals surface area contributed by atoms with E-state index in [2.05, 4.69) is 6.58 Å². The average molecular weight is 208 g/mol. The van der Waals surface area contributed by atoms with E-state index in [1.54, 1.807) is 19.1 Å². The van der Waals surface area contributed by atoms with Gasteiger partial charge in [-0.3, -0.25) is 14.9 Å². The van der Waals surface area contributed by atoms with Crippen LogP contribution in [0.2, 0.25) is 0 Å². The molecule has 0 aliphatic rings. The number of aryl methyl sites for hydroxylation is 1. The van der Waals surface area contributed by atoms with E-state index >= 15 is 0 Å². The molecule has 1 aromatic rings. The summed E-state index contributed by atoms with van der Waals surface area (Å²) in [6, 6.07) is 2.81. The smallest absolute Gasteiger partial charge is 0.307 e. The van der Waals surface area contributed by atoms with E-state index in [1.165, 1.54) is 10.6 Å². The summed E-state index contributed by atoms with van der Waals surface area (Å²) in [6.45, 7) is 5.71. The van der Waals surface area contributed by atoms with Crippen molar-refractivity contribution in [2.75, 3.05) is 0 Å². The van der Waals surface area contributed by atoms with Crippen molar-refractivity contribution in [1.29, 1.82) is 0 Å². The second-order valence-electron chi connectivity index (χ2n) is 3.15. The highest BCUT2D eigenvalue weighted by Crippen LogP contribution is 2.06. The molecule has 0 spiro atoms. The van der Waals surface area contributed by atoms with Crippen LogP contribution >= 0.6 is 0 Å². The van der Waals surface area contributed by atoms with Gasteiger partial charge in [0, 0.05) is 18.3 Å². The molecule has 0 bridgehead atoms. The van der Waals surface area contributed by atoms with Gasteiger partial charge in [-0.25, -0.2) is 0 Å². The molecule has 5 nitrogen and oxygen atoms in total. The molecule has 0 atom stereocenters. The van der Waals surface area contributed by atoms with E-state index < -0.39 is 10.5 Å². The lowest BCUT2D eigenvalue weighted by atomic mass is 10.3. The quantitative estimate of drug-likeness (QED) is 0.429. The Morgan fingerprint density at radius 2 is 2.27 bits per heavy atom. The SMILES string of the molecule is C=CCCn1c(C)ccc([N+](=O)[O-])c1=O. The minimum absolute atomic E-state index is 0.385. The summed E-state index contributed by atoms with van der Waals surface area (Å²) >= 11 is 0. The number of rotatable bonds is 4. The van der Waals surface area contributed by atoms with Gasteiger partial charge in [-0.2, -0.15) is 0 Å². The van der Waals surface area contributed by atoms with Gasteiger partial charge in [0.2, 0.25) is 0 Å². The second-order valence-corrected chi connectivity index (χ2v) is 3.15. The fraction of sp³-hybridized carbons (Fsp3) is 0.300. The molecule has 0 aliphatic carbocycles. The molecule has 0 aliphatic heterocycles. The molecular weight excluding hydrogens is 196 g/mol. The molecule has 1 aromatic heterocycles. The molecule has 0 amide bonds. The molecule has 0 fully saturated rings. The Labute approximate surface area is 86.8 Å². The van der Waals surface area contributed by atoms with E-state index in [0.717, 1.165) is 0 Å². The average Bonchev–Trinajstić information content (AvgIpc) is 2.17. The van der Waals surface area contributed by atoms with Gasteiger partial charge in [-0.1, -0.05) is 6.08 Å². The van der Waals surface area contributed by atoms with Gasteiger partial charge in [-0.15, -0.1) is 6.58 Å². The molecular formula is C10H12N2O3. The molecule has 0 N–H and O–H groups in total. The summed E-state index contributed by atoms with van der Waals surface area (Å²) in [5.41, 5.74) is -0.223. The predicted molar refractivity (Wildman–Crippen MR) is 56.9 cm³/mol. The van der Waals surface area contributed by atoms with Crippen LogP contribution in [0.4, 0.5) is 5.69 Å². The highest BCUT2D eigenvalue weighted by molar-refractivity contribution is 5.27. The van der Waals surface area contributed by atoms with Crippen LogP contribution in [0.1, 0.15) is 12.1 Å². The number of hydrogen-bond acceptors (Lipinski definition) is 3. The van der Waals surface area contributed by atoms with Crippen LogP contribution in [-0.2, 0) is 6.54 Å². The molecule has 0 aromatic carbocycles. The van der Waals surface area contributed by atoms with Crippen molar-refractivity contribution in [3.05, 3.63) is 50.9 Å². The first-order valence-electron chi connectivity index (χ1n) is 4.53. The normalized spacial score (nSPS) is 9.93. The molecule has 15 heavy (non-hydrogen) atoms. The molecule has 0 saturated carbocycles. The summed E-state index contributed by atoms with van der Waals surface area (Å²) in [5, 5.41) is 10.5. The minimum Gasteiger partial charge on any atom is -0.307 e. The first kappa shape index (κ1) is 11.2. The largest absolute Gasteiger partial charge is 0.334 e. The van der Waals surface area contributed by atoms with Crippen molar-refractivity contribution in [2.24, 2.45) is 0 Å². The maximum absolute atomic E-state index is 11.6.